The predicted octanol–water partition coefficient (Wildman–Crippen LogP) is 0.865. The van der Waals surface area contributed by atoms with Crippen LogP contribution in [0.25, 0.3) is 0 Å². The number of hydrogen-bond acceptors (Lipinski definition) is 3. The van der Waals surface area contributed by atoms with Gasteiger partial charge in [0.25, 0.3) is 5.56 Å². The summed E-state index contributed by atoms with van der Waals surface area (Å²) in [6.07, 6.45) is 5.61. The van der Waals surface area contributed by atoms with Crippen molar-refractivity contribution in [1.29, 1.82) is 0 Å². The lowest BCUT2D eigenvalue weighted by Gasteiger charge is -2.22. The molecule has 0 atom stereocenters. The quantitative estimate of drug-likeness (QED) is 0.827. The molecule has 0 aliphatic carbocycles. The van der Waals surface area contributed by atoms with E-state index in [9.17, 15) is 9.59 Å². The number of pyridine rings is 1. The lowest BCUT2D eigenvalue weighted by Crippen LogP contribution is -2.29. The second-order valence-corrected chi connectivity index (χ2v) is 5.09. The maximum absolute atomic E-state index is 12.1. The van der Waals surface area contributed by atoms with Gasteiger partial charge in [0.15, 0.2) is 0 Å². The van der Waals surface area contributed by atoms with Crippen LogP contribution in [-0.2, 0) is 17.8 Å². The molecule has 2 heterocycles. The van der Waals surface area contributed by atoms with Crippen molar-refractivity contribution in [1.82, 2.24) is 9.88 Å². The van der Waals surface area contributed by atoms with Gasteiger partial charge in [-0.05, 0) is 50.8 Å². The van der Waals surface area contributed by atoms with Gasteiger partial charge in [0.2, 0.25) is 0 Å². The molecule has 2 N–H and O–H groups in total. The summed E-state index contributed by atoms with van der Waals surface area (Å²) in [4.78, 5) is 22.7. The molecule has 1 aliphatic rings. The number of carbonyl (C=O) groups is 1. The van der Waals surface area contributed by atoms with Crippen LogP contribution in [-0.4, -0.2) is 28.7 Å². The molecule has 104 valence electrons. The van der Waals surface area contributed by atoms with Crippen LogP contribution < -0.4 is 10.9 Å². The number of hydrogen-bond donors (Lipinski definition) is 2. The van der Waals surface area contributed by atoms with E-state index < -0.39 is 5.97 Å². The van der Waals surface area contributed by atoms with Crippen molar-refractivity contribution >= 4 is 5.97 Å². The minimum absolute atomic E-state index is 0.168. The number of carboxylic acid groups (broad SMARTS) is 1. The van der Waals surface area contributed by atoms with Crippen LogP contribution >= 0.6 is 0 Å². The van der Waals surface area contributed by atoms with Crippen LogP contribution in [0, 0.1) is 5.92 Å². The highest BCUT2D eigenvalue weighted by molar-refractivity contribution is 5.66. The van der Waals surface area contributed by atoms with E-state index in [1.54, 1.807) is 6.07 Å². The highest BCUT2D eigenvalue weighted by atomic mass is 16.4. The number of aromatic nitrogens is 1. The Kier molecular flexibility index (Phi) is 4.74. The lowest BCUT2D eigenvalue weighted by molar-refractivity contribution is -0.137. The van der Waals surface area contributed by atoms with Gasteiger partial charge in [0.1, 0.15) is 6.54 Å². The Hall–Kier alpha value is -1.62. The molecular weight excluding hydrogens is 244 g/mol. The van der Waals surface area contributed by atoms with Gasteiger partial charge in [-0.15, -0.1) is 0 Å². The summed E-state index contributed by atoms with van der Waals surface area (Å²) < 4.78 is 1.26. The molecule has 1 fully saturated rings. The minimum atomic E-state index is -0.988. The van der Waals surface area contributed by atoms with E-state index in [0.717, 1.165) is 44.3 Å². The molecule has 0 saturated carbocycles. The third kappa shape index (κ3) is 3.92. The largest absolute Gasteiger partial charge is 0.480 e. The fourth-order valence-electron chi connectivity index (χ4n) is 2.58. The second-order valence-electron chi connectivity index (χ2n) is 5.09. The molecule has 0 aromatic carbocycles. The van der Waals surface area contributed by atoms with Crippen LogP contribution in [0.4, 0.5) is 0 Å². The van der Waals surface area contributed by atoms with Gasteiger partial charge in [-0.25, -0.2) is 0 Å². The summed E-state index contributed by atoms with van der Waals surface area (Å²) in [6.45, 7) is 1.85. The van der Waals surface area contributed by atoms with Crippen molar-refractivity contribution < 1.29 is 9.90 Å². The fraction of sp³-hybridized carbons (Fsp3) is 0.571. The van der Waals surface area contributed by atoms with Gasteiger partial charge in [-0.3, -0.25) is 9.59 Å². The van der Waals surface area contributed by atoms with Gasteiger partial charge >= 0.3 is 5.97 Å². The molecule has 0 bridgehead atoms. The number of nitrogens with one attached hydrogen (secondary N) is 1. The molecule has 1 saturated heterocycles. The molecule has 5 heteroatoms. The van der Waals surface area contributed by atoms with Crippen molar-refractivity contribution in [2.24, 2.45) is 5.92 Å². The van der Waals surface area contributed by atoms with E-state index in [1.807, 2.05) is 6.07 Å². The molecule has 2 rings (SSSR count). The van der Waals surface area contributed by atoms with Crippen molar-refractivity contribution in [3.05, 3.63) is 34.2 Å². The topological polar surface area (TPSA) is 71.3 Å². The summed E-state index contributed by atoms with van der Waals surface area (Å²) in [5.74, 6) is -0.314. The zero-order chi connectivity index (χ0) is 13.7. The van der Waals surface area contributed by atoms with E-state index in [-0.39, 0.29) is 12.1 Å². The highest BCUT2D eigenvalue weighted by Crippen LogP contribution is 2.17. The third-order valence-electron chi connectivity index (χ3n) is 3.69. The first-order valence-electron chi connectivity index (χ1n) is 6.77. The maximum atomic E-state index is 12.1. The molecule has 0 unspecified atom stereocenters. The Balaban J connectivity index is 1.99. The number of aliphatic carboxylic acids is 1. The van der Waals surface area contributed by atoms with E-state index >= 15 is 0 Å². The predicted molar refractivity (Wildman–Crippen MR) is 72.3 cm³/mol. The average Bonchev–Trinajstić information content (AvgIpc) is 2.40. The smallest absolute Gasteiger partial charge is 0.323 e. The monoisotopic (exact) mass is 264 g/mol. The van der Waals surface area contributed by atoms with Crippen molar-refractivity contribution in [3.63, 3.8) is 0 Å². The van der Waals surface area contributed by atoms with Crippen molar-refractivity contribution in [2.45, 2.75) is 32.2 Å². The molecule has 19 heavy (non-hydrogen) atoms. The molecule has 1 aromatic heterocycles. The Bertz CT molecular complexity index is 490. The standard InChI is InChI=1S/C14H20N2O3/c17-13(18)10-16-9-1-2-12(14(16)19)4-3-11-5-7-15-8-6-11/h1-2,9,11,15H,3-8,10H2,(H,17,18). The summed E-state index contributed by atoms with van der Waals surface area (Å²) in [7, 11) is 0. The molecule has 5 nitrogen and oxygen atoms in total. The zero-order valence-electron chi connectivity index (χ0n) is 11.0. The third-order valence-corrected chi connectivity index (χ3v) is 3.69. The summed E-state index contributed by atoms with van der Waals surface area (Å²) in [6, 6.07) is 3.56. The first-order valence-corrected chi connectivity index (χ1v) is 6.77. The fourth-order valence-corrected chi connectivity index (χ4v) is 2.58. The van der Waals surface area contributed by atoms with Crippen LogP contribution in [0.1, 0.15) is 24.8 Å². The lowest BCUT2D eigenvalue weighted by atomic mass is 9.92. The van der Waals surface area contributed by atoms with Gasteiger partial charge in [0, 0.05) is 11.8 Å². The average molecular weight is 264 g/mol. The number of carboxylic acids is 1. The van der Waals surface area contributed by atoms with Gasteiger partial charge < -0.3 is 15.0 Å². The molecule has 1 aromatic rings. The van der Waals surface area contributed by atoms with Crippen LogP contribution in [0.5, 0.6) is 0 Å². The van der Waals surface area contributed by atoms with Crippen molar-refractivity contribution in [2.75, 3.05) is 13.1 Å². The normalized spacial score (nSPS) is 16.4. The number of aryl methyl sites for hydroxylation is 1. The number of piperidine rings is 1. The summed E-state index contributed by atoms with van der Waals surface area (Å²) in [5, 5.41) is 12.1. The van der Waals surface area contributed by atoms with Crippen LogP contribution in [0.3, 0.4) is 0 Å². The van der Waals surface area contributed by atoms with Crippen molar-refractivity contribution in [3.8, 4) is 0 Å². The van der Waals surface area contributed by atoms with E-state index in [2.05, 4.69) is 5.32 Å². The first kappa shape index (κ1) is 13.8. The van der Waals surface area contributed by atoms with E-state index in [1.165, 1.54) is 10.8 Å². The van der Waals surface area contributed by atoms with E-state index in [4.69, 9.17) is 5.11 Å². The number of rotatable bonds is 5. The first-order chi connectivity index (χ1) is 9.16. The Morgan fingerprint density at radius 1 is 1.42 bits per heavy atom. The Morgan fingerprint density at radius 2 is 2.16 bits per heavy atom. The SMILES string of the molecule is O=C(O)Cn1cccc(CCC2CCNCC2)c1=O. The number of nitrogens with zero attached hydrogens (tertiary/aromatic N) is 1. The van der Waals surface area contributed by atoms with Gasteiger partial charge in [0.05, 0.1) is 0 Å². The van der Waals surface area contributed by atoms with Crippen LogP contribution in [0.15, 0.2) is 23.1 Å². The zero-order valence-corrected chi connectivity index (χ0v) is 11.0. The van der Waals surface area contributed by atoms with Gasteiger partial charge in [-0.1, -0.05) is 6.07 Å². The van der Waals surface area contributed by atoms with E-state index in [0.29, 0.717) is 5.92 Å². The molecule has 0 radical (unpaired) electrons. The maximum Gasteiger partial charge on any atom is 0.323 e. The minimum Gasteiger partial charge on any atom is -0.480 e. The Morgan fingerprint density at radius 3 is 2.84 bits per heavy atom. The molecule has 0 amide bonds. The van der Waals surface area contributed by atoms with Crippen LogP contribution in [0.2, 0.25) is 0 Å². The molecule has 0 spiro atoms. The molecule has 1 aliphatic heterocycles. The second kappa shape index (κ2) is 6.52. The Labute approximate surface area is 112 Å². The summed E-state index contributed by atoms with van der Waals surface area (Å²) in [5.41, 5.74) is 0.557. The highest BCUT2D eigenvalue weighted by Gasteiger charge is 2.14. The van der Waals surface area contributed by atoms with Gasteiger partial charge in [-0.2, -0.15) is 0 Å². The summed E-state index contributed by atoms with van der Waals surface area (Å²) >= 11 is 0. The molecular formula is C14H20N2O3.